The third-order valence-corrected chi connectivity index (χ3v) is 1.88. The first kappa shape index (κ1) is 13.8. The first-order valence-electron chi connectivity index (χ1n) is 5.15. The van der Waals surface area contributed by atoms with Gasteiger partial charge in [0.25, 0.3) is 0 Å². The van der Waals surface area contributed by atoms with Crippen LogP contribution in [0.5, 0.6) is 0 Å². The molecule has 3 nitrogen and oxygen atoms in total. The van der Waals surface area contributed by atoms with Crippen LogP contribution < -0.4 is 0 Å². The van der Waals surface area contributed by atoms with Crippen molar-refractivity contribution in [3.63, 3.8) is 0 Å². The average Bonchev–Trinajstić information content (AvgIpc) is 2.17. The molecule has 0 saturated carbocycles. The van der Waals surface area contributed by atoms with Crippen molar-refractivity contribution in [2.45, 2.75) is 32.6 Å². The van der Waals surface area contributed by atoms with E-state index in [1.807, 2.05) is 0 Å². The summed E-state index contributed by atoms with van der Waals surface area (Å²) in [4.78, 5) is 10.9. The van der Waals surface area contributed by atoms with Gasteiger partial charge in [-0.3, -0.25) is 4.79 Å². The maximum atomic E-state index is 10.9. The van der Waals surface area contributed by atoms with Crippen LogP contribution in [0.4, 0.5) is 0 Å². The highest BCUT2D eigenvalue weighted by atomic mass is 32.1. The second-order valence-corrected chi connectivity index (χ2v) is 3.46. The van der Waals surface area contributed by atoms with Crippen LogP contribution in [0, 0.1) is 0 Å². The maximum absolute atomic E-state index is 10.9. The van der Waals surface area contributed by atoms with E-state index in [-0.39, 0.29) is 5.97 Å². The van der Waals surface area contributed by atoms with E-state index in [2.05, 4.69) is 19.6 Å². The molecule has 0 spiro atoms. The van der Waals surface area contributed by atoms with Gasteiger partial charge in [-0.05, 0) is 6.42 Å². The molecule has 0 heterocycles. The zero-order chi connectivity index (χ0) is 10.6. The summed E-state index contributed by atoms with van der Waals surface area (Å²) in [5.41, 5.74) is 0. The van der Waals surface area contributed by atoms with Crippen molar-refractivity contribution in [1.82, 2.24) is 0 Å². The van der Waals surface area contributed by atoms with Crippen LogP contribution in [-0.2, 0) is 14.3 Å². The van der Waals surface area contributed by atoms with Crippen LogP contribution in [0.3, 0.4) is 0 Å². The van der Waals surface area contributed by atoms with E-state index < -0.39 is 0 Å². The van der Waals surface area contributed by atoms with E-state index in [1.165, 1.54) is 0 Å². The lowest BCUT2D eigenvalue weighted by Crippen LogP contribution is -2.08. The predicted molar refractivity (Wildman–Crippen MR) is 59.8 cm³/mol. The number of thiol groups is 1. The first-order valence-corrected chi connectivity index (χ1v) is 5.78. The molecule has 0 N–H and O–H groups in total. The fraction of sp³-hybridized carbons (Fsp3) is 0.900. The Kier molecular flexibility index (Phi) is 10.7. The number of carbonyl (C=O) groups excluding carboxylic acids is 1. The molecule has 84 valence electrons. The monoisotopic (exact) mass is 220 g/mol. The normalized spacial score (nSPS) is 10.1. The third-order valence-electron chi connectivity index (χ3n) is 1.65. The zero-order valence-corrected chi connectivity index (χ0v) is 9.72. The van der Waals surface area contributed by atoms with E-state index in [1.54, 1.807) is 0 Å². The largest absolute Gasteiger partial charge is 0.466 e. The van der Waals surface area contributed by atoms with Gasteiger partial charge in [0.2, 0.25) is 0 Å². The SMILES string of the molecule is CCCCOCCCOC(=O)CCS. The Morgan fingerprint density at radius 1 is 1.21 bits per heavy atom. The van der Waals surface area contributed by atoms with Crippen molar-refractivity contribution < 1.29 is 14.3 Å². The van der Waals surface area contributed by atoms with Crippen LogP contribution in [0.1, 0.15) is 32.6 Å². The van der Waals surface area contributed by atoms with E-state index in [4.69, 9.17) is 9.47 Å². The highest BCUT2D eigenvalue weighted by Gasteiger charge is 1.99. The van der Waals surface area contributed by atoms with Gasteiger partial charge in [0.05, 0.1) is 13.0 Å². The Labute approximate surface area is 91.6 Å². The zero-order valence-electron chi connectivity index (χ0n) is 8.83. The molecule has 14 heavy (non-hydrogen) atoms. The number of hydrogen-bond donors (Lipinski definition) is 1. The van der Waals surface area contributed by atoms with Crippen molar-refractivity contribution in [2.24, 2.45) is 0 Å². The summed E-state index contributed by atoms with van der Waals surface area (Å²) < 4.78 is 10.2. The minimum Gasteiger partial charge on any atom is -0.466 e. The summed E-state index contributed by atoms with van der Waals surface area (Å²) >= 11 is 3.94. The van der Waals surface area contributed by atoms with E-state index in [0.717, 1.165) is 25.9 Å². The molecule has 0 fully saturated rings. The molecule has 0 aliphatic heterocycles. The number of carbonyl (C=O) groups is 1. The van der Waals surface area contributed by atoms with Crippen molar-refractivity contribution in [2.75, 3.05) is 25.6 Å². The molecule has 0 aromatic carbocycles. The van der Waals surface area contributed by atoms with Crippen molar-refractivity contribution in [3.8, 4) is 0 Å². The molecule has 0 radical (unpaired) electrons. The molecule has 0 unspecified atom stereocenters. The van der Waals surface area contributed by atoms with Gasteiger partial charge >= 0.3 is 5.97 Å². The number of esters is 1. The highest BCUT2D eigenvalue weighted by Crippen LogP contribution is 1.93. The molecule has 0 aromatic heterocycles. The summed E-state index contributed by atoms with van der Waals surface area (Å²) in [6.45, 7) is 4.07. The summed E-state index contributed by atoms with van der Waals surface area (Å²) in [6.07, 6.45) is 3.41. The van der Waals surface area contributed by atoms with Crippen LogP contribution in [0.2, 0.25) is 0 Å². The molecular formula is C10H20O3S. The van der Waals surface area contributed by atoms with Crippen LogP contribution in [0.25, 0.3) is 0 Å². The van der Waals surface area contributed by atoms with Gasteiger partial charge in [0.1, 0.15) is 0 Å². The first-order chi connectivity index (χ1) is 6.81. The Bertz CT molecular complexity index is 139. The molecular weight excluding hydrogens is 200 g/mol. The lowest BCUT2D eigenvalue weighted by molar-refractivity contribution is -0.143. The molecule has 0 rings (SSSR count). The third kappa shape index (κ3) is 9.86. The van der Waals surface area contributed by atoms with Crippen molar-refractivity contribution in [3.05, 3.63) is 0 Å². The topological polar surface area (TPSA) is 35.5 Å². The molecule has 0 amide bonds. The summed E-state index contributed by atoms with van der Waals surface area (Å²) in [7, 11) is 0. The summed E-state index contributed by atoms with van der Waals surface area (Å²) in [5.74, 6) is 0.375. The molecule has 4 heteroatoms. The standard InChI is InChI=1S/C10H20O3S/c1-2-3-6-12-7-4-8-13-10(11)5-9-14/h14H,2-9H2,1H3. The second kappa shape index (κ2) is 10.9. The Morgan fingerprint density at radius 3 is 2.57 bits per heavy atom. The summed E-state index contributed by atoms with van der Waals surface area (Å²) in [5, 5.41) is 0. The lowest BCUT2D eigenvalue weighted by atomic mass is 10.4. The second-order valence-electron chi connectivity index (χ2n) is 3.01. The van der Waals surface area contributed by atoms with Crippen LogP contribution >= 0.6 is 12.6 Å². The highest BCUT2D eigenvalue weighted by molar-refractivity contribution is 7.80. The predicted octanol–water partition coefficient (Wildman–Crippen LogP) is 2.06. The van der Waals surface area contributed by atoms with Crippen molar-refractivity contribution in [1.29, 1.82) is 0 Å². The minimum atomic E-state index is -0.173. The van der Waals surface area contributed by atoms with Gasteiger partial charge in [0.15, 0.2) is 0 Å². The maximum Gasteiger partial charge on any atom is 0.306 e. The average molecular weight is 220 g/mol. The smallest absolute Gasteiger partial charge is 0.306 e. The fourth-order valence-corrected chi connectivity index (χ4v) is 1.04. The van der Waals surface area contributed by atoms with Gasteiger partial charge in [-0.15, -0.1) is 0 Å². The quantitative estimate of drug-likeness (QED) is 0.367. The van der Waals surface area contributed by atoms with Gasteiger partial charge in [-0.25, -0.2) is 0 Å². The van der Waals surface area contributed by atoms with E-state index >= 15 is 0 Å². The van der Waals surface area contributed by atoms with Crippen LogP contribution in [-0.4, -0.2) is 31.5 Å². The molecule has 0 aliphatic carbocycles. The molecule has 0 bridgehead atoms. The number of unbranched alkanes of at least 4 members (excludes halogenated alkanes) is 1. The Hall–Kier alpha value is -0.220. The van der Waals surface area contributed by atoms with E-state index in [0.29, 0.717) is 25.4 Å². The number of ether oxygens (including phenoxy) is 2. The fourth-order valence-electron chi connectivity index (χ4n) is 0.859. The van der Waals surface area contributed by atoms with Crippen molar-refractivity contribution >= 4 is 18.6 Å². The number of hydrogen-bond acceptors (Lipinski definition) is 4. The minimum absolute atomic E-state index is 0.173. The van der Waals surface area contributed by atoms with Gasteiger partial charge in [-0.2, -0.15) is 12.6 Å². The summed E-state index contributed by atoms with van der Waals surface area (Å²) in [6, 6.07) is 0. The van der Waals surface area contributed by atoms with Crippen LogP contribution in [0.15, 0.2) is 0 Å². The van der Waals surface area contributed by atoms with Gasteiger partial charge in [-0.1, -0.05) is 13.3 Å². The Balaban J connectivity index is 3.01. The number of rotatable bonds is 9. The Morgan fingerprint density at radius 2 is 1.93 bits per heavy atom. The lowest BCUT2D eigenvalue weighted by Gasteiger charge is -2.04. The molecule has 0 aliphatic rings. The molecule has 0 aromatic rings. The van der Waals surface area contributed by atoms with Gasteiger partial charge < -0.3 is 9.47 Å². The van der Waals surface area contributed by atoms with E-state index in [9.17, 15) is 4.79 Å². The molecule has 0 atom stereocenters. The van der Waals surface area contributed by atoms with Gasteiger partial charge in [0, 0.05) is 25.4 Å². The molecule has 0 saturated heterocycles.